The van der Waals surface area contributed by atoms with E-state index in [4.69, 9.17) is 10.5 Å². The van der Waals surface area contributed by atoms with Gasteiger partial charge in [-0.3, -0.25) is 4.98 Å². The molecule has 106 valence electrons. The molecule has 4 nitrogen and oxygen atoms in total. The molecule has 21 heavy (non-hydrogen) atoms. The summed E-state index contributed by atoms with van der Waals surface area (Å²) in [7, 11) is 0. The molecule has 2 N–H and O–H groups in total. The maximum atomic E-state index is 13.7. The highest BCUT2D eigenvalue weighted by Gasteiger charge is 2.08. The fraction of sp³-hybridized carbons (Fsp3) is 0.0667. The third-order valence-corrected chi connectivity index (χ3v) is 3.41. The Kier molecular flexibility index (Phi) is 3.81. The monoisotopic (exact) mass is 347 g/mol. The molecule has 0 saturated carbocycles. The first kappa shape index (κ1) is 13.9. The number of nitrogens with two attached hydrogens (primary N) is 1. The number of ether oxygens (including phenoxy) is 1. The average molecular weight is 348 g/mol. The molecule has 0 aliphatic rings. The predicted molar refractivity (Wildman–Crippen MR) is 81.6 cm³/mol. The van der Waals surface area contributed by atoms with Gasteiger partial charge in [-0.15, -0.1) is 0 Å². The summed E-state index contributed by atoms with van der Waals surface area (Å²) in [6, 6.07) is 8.13. The Morgan fingerprint density at radius 3 is 2.81 bits per heavy atom. The SMILES string of the molecule is NCc1ccc(Oc2ccnc3cc(Br)cnc23)cc1F. The Balaban J connectivity index is 2.00. The number of pyridine rings is 2. The maximum absolute atomic E-state index is 13.7. The third kappa shape index (κ3) is 2.86. The van der Waals surface area contributed by atoms with E-state index in [1.54, 1.807) is 30.6 Å². The van der Waals surface area contributed by atoms with Crippen molar-refractivity contribution < 1.29 is 9.13 Å². The minimum atomic E-state index is -0.385. The summed E-state index contributed by atoms with van der Waals surface area (Å²) in [5.74, 6) is 0.526. The van der Waals surface area contributed by atoms with Crippen LogP contribution in [0.1, 0.15) is 5.56 Å². The zero-order valence-electron chi connectivity index (χ0n) is 10.9. The smallest absolute Gasteiger partial charge is 0.156 e. The molecule has 0 amide bonds. The van der Waals surface area contributed by atoms with E-state index in [-0.39, 0.29) is 12.4 Å². The molecule has 2 heterocycles. The van der Waals surface area contributed by atoms with Crippen LogP contribution in [0.15, 0.2) is 47.2 Å². The first-order chi connectivity index (χ1) is 10.2. The van der Waals surface area contributed by atoms with Crippen LogP contribution >= 0.6 is 15.9 Å². The van der Waals surface area contributed by atoms with E-state index in [1.165, 1.54) is 6.07 Å². The van der Waals surface area contributed by atoms with E-state index < -0.39 is 0 Å². The molecule has 2 aromatic heterocycles. The molecule has 0 unspecified atom stereocenters. The van der Waals surface area contributed by atoms with Gasteiger partial charge in [-0.05, 0) is 28.1 Å². The fourth-order valence-electron chi connectivity index (χ4n) is 1.95. The lowest BCUT2D eigenvalue weighted by Gasteiger charge is -2.09. The van der Waals surface area contributed by atoms with E-state index in [1.807, 2.05) is 6.07 Å². The summed E-state index contributed by atoms with van der Waals surface area (Å²) in [5.41, 5.74) is 7.20. The quantitative estimate of drug-likeness (QED) is 0.783. The minimum Gasteiger partial charge on any atom is -0.455 e. The normalized spacial score (nSPS) is 10.8. The molecule has 0 fully saturated rings. The number of aromatic nitrogens is 2. The zero-order chi connectivity index (χ0) is 14.8. The van der Waals surface area contributed by atoms with Crippen LogP contribution in [0.5, 0.6) is 11.5 Å². The van der Waals surface area contributed by atoms with Gasteiger partial charge in [0, 0.05) is 41.1 Å². The number of hydrogen-bond acceptors (Lipinski definition) is 4. The van der Waals surface area contributed by atoms with Gasteiger partial charge in [-0.2, -0.15) is 0 Å². The van der Waals surface area contributed by atoms with Gasteiger partial charge in [-0.25, -0.2) is 9.37 Å². The molecule has 6 heteroatoms. The van der Waals surface area contributed by atoms with Crippen molar-refractivity contribution >= 4 is 27.0 Å². The lowest BCUT2D eigenvalue weighted by molar-refractivity contribution is 0.479. The van der Waals surface area contributed by atoms with Crippen LogP contribution in [-0.4, -0.2) is 9.97 Å². The maximum Gasteiger partial charge on any atom is 0.156 e. The van der Waals surface area contributed by atoms with Crippen molar-refractivity contribution in [3.05, 3.63) is 58.6 Å². The molecule has 0 atom stereocenters. The van der Waals surface area contributed by atoms with Crippen molar-refractivity contribution in [2.75, 3.05) is 0 Å². The highest BCUT2D eigenvalue weighted by atomic mass is 79.9. The zero-order valence-corrected chi connectivity index (χ0v) is 12.5. The van der Waals surface area contributed by atoms with Crippen LogP contribution in [0, 0.1) is 5.82 Å². The van der Waals surface area contributed by atoms with Gasteiger partial charge in [-0.1, -0.05) is 6.07 Å². The Bertz CT molecular complexity index is 810. The second kappa shape index (κ2) is 5.75. The molecule has 0 aliphatic heterocycles. The largest absolute Gasteiger partial charge is 0.455 e. The molecular weight excluding hydrogens is 337 g/mol. The Morgan fingerprint density at radius 2 is 2.05 bits per heavy atom. The van der Waals surface area contributed by atoms with Gasteiger partial charge in [0.05, 0.1) is 5.52 Å². The number of rotatable bonds is 3. The molecule has 0 bridgehead atoms. The summed E-state index contributed by atoms with van der Waals surface area (Å²) in [5, 5.41) is 0. The van der Waals surface area contributed by atoms with Crippen molar-refractivity contribution in [1.82, 2.24) is 9.97 Å². The van der Waals surface area contributed by atoms with Gasteiger partial charge < -0.3 is 10.5 Å². The standard InChI is InChI=1S/C15H11BrFN3O/c16-10-5-13-15(20-8-10)14(3-4-19-13)21-11-2-1-9(7-18)12(17)6-11/h1-6,8H,7,18H2. The minimum absolute atomic E-state index is 0.153. The van der Waals surface area contributed by atoms with Crippen molar-refractivity contribution in [3.8, 4) is 11.5 Å². The molecule has 1 aromatic carbocycles. The summed E-state index contributed by atoms with van der Waals surface area (Å²) in [4.78, 5) is 8.51. The van der Waals surface area contributed by atoms with Crippen LogP contribution in [0.2, 0.25) is 0 Å². The number of nitrogens with zero attached hydrogens (tertiary/aromatic N) is 2. The summed E-state index contributed by atoms with van der Waals surface area (Å²) in [6.07, 6.45) is 3.28. The number of benzene rings is 1. The van der Waals surface area contributed by atoms with Gasteiger partial charge in [0.25, 0.3) is 0 Å². The van der Waals surface area contributed by atoms with Crippen molar-refractivity contribution in [2.45, 2.75) is 6.54 Å². The highest BCUT2D eigenvalue weighted by Crippen LogP contribution is 2.29. The molecule has 0 radical (unpaired) electrons. The first-order valence-electron chi connectivity index (χ1n) is 6.24. The third-order valence-electron chi connectivity index (χ3n) is 2.98. The summed E-state index contributed by atoms with van der Waals surface area (Å²) in [6.45, 7) is 0.153. The van der Waals surface area contributed by atoms with E-state index in [9.17, 15) is 4.39 Å². The van der Waals surface area contributed by atoms with Crippen LogP contribution < -0.4 is 10.5 Å². The average Bonchev–Trinajstić information content (AvgIpc) is 2.47. The van der Waals surface area contributed by atoms with Gasteiger partial charge in [0.2, 0.25) is 0 Å². The van der Waals surface area contributed by atoms with Gasteiger partial charge in [0.1, 0.15) is 17.1 Å². The first-order valence-corrected chi connectivity index (χ1v) is 7.03. The number of hydrogen-bond donors (Lipinski definition) is 1. The summed E-state index contributed by atoms with van der Waals surface area (Å²) >= 11 is 3.34. The Hall–Kier alpha value is -2.05. The van der Waals surface area contributed by atoms with E-state index in [0.717, 1.165) is 4.47 Å². The molecule has 3 rings (SSSR count). The number of halogens is 2. The second-order valence-electron chi connectivity index (χ2n) is 4.39. The highest BCUT2D eigenvalue weighted by molar-refractivity contribution is 9.10. The molecule has 0 aliphatic carbocycles. The lowest BCUT2D eigenvalue weighted by Crippen LogP contribution is -1.99. The fourth-order valence-corrected chi connectivity index (χ4v) is 2.27. The van der Waals surface area contributed by atoms with Gasteiger partial charge in [0.15, 0.2) is 5.75 Å². The van der Waals surface area contributed by atoms with E-state index >= 15 is 0 Å². The molecule has 3 aromatic rings. The van der Waals surface area contributed by atoms with Crippen LogP contribution in [0.25, 0.3) is 11.0 Å². The molecule has 0 spiro atoms. The molecular formula is C15H11BrFN3O. The Labute approximate surface area is 128 Å². The topological polar surface area (TPSA) is 61.0 Å². The van der Waals surface area contributed by atoms with Crippen molar-refractivity contribution in [1.29, 1.82) is 0 Å². The predicted octanol–water partition coefficient (Wildman–Crippen LogP) is 3.78. The van der Waals surface area contributed by atoms with Crippen molar-refractivity contribution in [3.63, 3.8) is 0 Å². The van der Waals surface area contributed by atoms with Gasteiger partial charge >= 0.3 is 0 Å². The summed E-state index contributed by atoms with van der Waals surface area (Å²) < 4.78 is 20.3. The van der Waals surface area contributed by atoms with Crippen molar-refractivity contribution in [2.24, 2.45) is 5.73 Å². The van der Waals surface area contributed by atoms with Crippen LogP contribution in [-0.2, 0) is 6.54 Å². The number of fused-ring (bicyclic) bond motifs is 1. The van der Waals surface area contributed by atoms with E-state index in [0.29, 0.717) is 28.1 Å². The Morgan fingerprint density at radius 1 is 1.19 bits per heavy atom. The van der Waals surface area contributed by atoms with Crippen LogP contribution in [0.4, 0.5) is 4.39 Å². The van der Waals surface area contributed by atoms with E-state index in [2.05, 4.69) is 25.9 Å². The van der Waals surface area contributed by atoms with Crippen LogP contribution in [0.3, 0.4) is 0 Å². The lowest BCUT2D eigenvalue weighted by atomic mass is 10.2. The molecule has 0 saturated heterocycles. The second-order valence-corrected chi connectivity index (χ2v) is 5.31.